The molecule has 0 saturated heterocycles. The SMILES string of the molecule is Cc1cccc(N)c1C(=O)N(C)C1CC1. The predicted molar refractivity (Wildman–Crippen MR) is 60.7 cm³/mol. The Labute approximate surface area is 89.9 Å². The van der Waals surface area contributed by atoms with Crippen molar-refractivity contribution in [2.45, 2.75) is 25.8 Å². The van der Waals surface area contributed by atoms with E-state index < -0.39 is 0 Å². The third-order valence-corrected chi connectivity index (χ3v) is 2.93. The van der Waals surface area contributed by atoms with E-state index in [4.69, 9.17) is 5.73 Å². The maximum absolute atomic E-state index is 12.1. The molecule has 2 rings (SSSR count). The maximum Gasteiger partial charge on any atom is 0.256 e. The van der Waals surface area contributed by atoms with Crippen molar-refractivity contribution in [2.24, 2.45) is 0 Å². The fourth-order valence-corrected chi connectivity index (χ4v) is 1.79. The molecule has 0 spiro atoms. The lowest BCUT2D eigenvalue weighted by Crippen LogP contribution is -2.30. The van der Waals surface area contributed by atoms with Crippen molar-refractivity contribution in [1.82, 2.24) is 4.90 Å². The summed E-state index contributed by atoms with van der Waals surface area (Å²) in [7, 11) is 1.85. The average molecular weight is 204 g/mol. The zero-order valence-corrected chi connectivity index (χ0v) is 9.16. The van der Waals surface area contributed by atoms with Gasteiger partial charge >= 0.3 is 0 Å². The summed E-state index contributed by atoms with van der Waals surface area (Å²) in [5.74, 6) is 0.0492. The van der Waals surface area contributed by atoms with Crippen LogP contribution in [0.25, 0.3) is 0 Å². The molecule has 0 aliphatic heterocycles. The fraction of sp³-hybridized carbons (Fsp3) is 0.417. The van der Waals surface area contributed by atoms with Crippen molar-refractivity contribution in [3.8, 4) is 0 Å². The minimum atomic E-state index is 0.0492. The molecule has 15 heavy (non-hydrogen) atoms. The van der Waals surface area contributed by atoms with Crippen molar-refractivity contribution in [3.05, 3.63) is 29.3 Å². The molecule has 1 aromatic rings. The van der Waals surface area contributed by atoms with Crippen LogP contribution in [0.5, 0.6) is 0 Å². The molecule has 0 atom stereocenters. The Bertz CT molecular complexity index is 376. The number of anilines is 1. The van der Waals surface area contributed by atoms with Crippen LogP contribution < -0.4 is 5.73 Å². The lowest BCUT2D eigenvalue weighted by Gasteiger charge is -2.18. The molecular formula is C12H16N2O. The second-order valence-electron chi connectivity index (χ2n) is 4.19. The first-order valence-electron chi connectivity index (χ1n) is 5.23. The Kier molecular flexibility index (Phi) is 2.39. The van der Waals surface area contributed by atoms with Crippen molar-refractivity contribution >= 4 is 11.6 Å². The first-order valence-corrected chi connectivity index (χ1v) is 5.23. The van der Waals surface area contributed by atoms with Crippen LogP contribution in [0.4, 0.5) is 5.69 Å². The van der Waals surface area contributed by atoms with Crippen LogP contribution in [-0.4, -0.2) is 23.9 Å². The highest BCUT2D eigenvalue weighted by molar-refractivity contribution is 6.00. The Balaban J connectivity index is 2.31. The zero-order valence-electron chi connectivity index (χ0n) is 9.16. The van der Waals surface area contributed by atoms with E-state index in [0.717, 1.165) is 18.4 Å². The number of rotatable bonds is 2. The fourth-order valence-electron chi connectivity index (χ4n) is 1.79. The zero-order chi connectivity index (χ0) is 11.0. The number of nitrogen functional groups attached to an aromatic ring is 1. The maximum atomic E-state index is 12.1. The third kappa shape index (κ3) is 1.82. The summed E-state index contributed by atoms with van der Waals surface area (Å²) in [4.78, 5) is 13.9. The number of nitrogens with zero attached hydrogens (tertiary/aromatic N) is 1. The van der Waals surface area contributed by atoms with Gasteiger partial charge in [0.1, 0.15) is 0 Å². The summed E-state index contributed by atoms with van der Waals surface area (Å²) in [5.41, 5.74) is 8.02. The molecular weight excluding hydrogens is 188 g/mol. The average Bonchev–Trinajstić information content (AvgIpc) is 2.99. The normalized spacial score (nSPS) is 15.1. The van der Waals surface area contributed by atoms with Gasteiger partial charge in [0.15, 0.2) is 0 Å². The second-order valence-corrected chi connectivity index (χ2v) is 4.19. The number of hydrogen-bond acceptors (Lipinski definition) is 2. The van der Waals surface area contributed by atoms with Gasteiger partial charge in [0.2, 0.25) is 0 Å². The summed E-state index contributed by atoms with van der Waals surface area (Å²) in [6.07, 6.45) is 2.24. The number of carbonyl (C=O) groups is 1. The van der Waals surface area contributed by atoms with Gasteiger partial charge in [-0.1, -0.05) is 12.1 Å². The molecule has 80 valence electrons. The van der Waals surface area contributed by atoms with Gasteiger partial charge in [0.25, 0.3) is 5.91 Å². The highest BCUT2D eigenvalue weighted by Crippen LogP contribution is 2.28. The molecule has 1 saturated carbocycles. The summed E-state index contributed by atoms with van der Waals surface area (Å²) in [5, 5.41) is 0. The number of amides is 1. The molecule has 3 heteroatoms. The lowest BCUT2D eigenvalue weighted by atomic mass is 10.1. The van der Waals surface area contributed by atoms with E-state index in [2.05, 4.69) is 0 Å². The standard InChI is InChI=1S/C12H16N2O/c1-8-4-3-5-10(13)11(8)12(15)14(2)9-6-7-9/h3-5,9H,6-7,13H2,1-2H3. The molecule has 1 aromatic carbocycles. The Morgan fingerprint density at radius 3 is 2.67 bits per heavy atom. The van der Waals surface area contributed by atoms with Gasteiger partial charge in [0, 0.05) is 18.8 Å². The van der Waals surface area contributed by atoms with Gasteiger partial charge in [-0.05, 0) is 31.4 Å². The van der Waals surface area contributed by atoms with E-state index in [1.807, 2.05) is 26.1 Å². The van der Waals surface area contributed by atoms with Crippen molar-refractivity contribution in [2.75, 3.05) is 12.8 Å². The Hall–Kier alpha value is -1.51. The van der Waals surface area contributed by atoms with Crippen LogP contribution in [0.15, 0.2) is 18.2 Å². The van der Waals surface area contributed by atoms with Crippen LogP contribution >= 0.6 is 0 Å². The highest BCUT2D eigenvalue weighted by atomic mass is 16.2. The van der Waals surface area contributed by atoms with Crippen LogP contribution in [0.2, 0.25) is 0 Å². The lowest BCUT2D eigenvalue weighted by molar-refractivity contribution is 0.0785. The number of hydrogen-bond donors (Lipinski definition) is 1. The number of benzene rings is 1. The van der Waals surface area contributed by atoms with Gasteiger partial charge in [0.05, 0.1) is 5.56 Å². The highest BCUT2D eigenvalue weighted by Gasteiger charge is 2.31. The van der Waals surface area contributed by atoms with Gasteiger partial charge in [-0.2, -0.15) is 0 Å². The summed E-state index contributed by atoms with van der Waals surface area (Å²) in [6, 6.07) is 6.00. The van der Waals surface area contributed by atoms with E-state index in [1.165, 1.54) is 0 Å². The first kappa shape index (κ1) is 10.0. The molecule has 3 nitrogen and oxygen atoms in total. The Morgan fingerprint density at radius 1 is 1.47 bits per heavy atom. The van der Waals surface area contributed by atoms with Crippen LogP contribution in [0.1, 0.15) is 28.8 Å². The van der Waals surface area contributed by atoms with Crippen LogP contribution in [0, 0.1) is 6.92 Å². The summed E-state index contributed by atoms with van der Waals surface area (Å²) < 4.78 is 0. The van der Waals surface area contributed by atoms with Crippen molar-refractivity contribution < 1.29 is 4.79 Å². The minimum Gasteiger partial charge on any atom is -0.398 e. The van der Waals surface area contributed by atoms with Crippen molar-refractivity contribution in [1.29, 1.82) is 0 Å². The topological polar surface area (TPSA) is 46.3 Å². The number of nitrogens with two attached hydrogens (primary N) is 1. The van der Waals surface area contributed by atoms with E-state index in [-0.39, 0.29) is 5.91 Å². The molecule has 0 unspecified atom stereocenters. The third-order valence-electron chi connectivity index (χ3n) is 2.93. The smallest absolute Gasteiger partial charge is 0.256 e. The van der Waals surface area contributed by atoms with Crippen molar-refractivity contribution in [3.63, 3.8) is 0 Å². The number of aryl methyl sites for hydroxylation is 1. The van der Waals surface area contributed by atoms with E-state index in [9.17, 15) is 4.79 Å². The second kappa shape index (κ2) is 3.57. The van der Waals surface area contributed by atoms with Crippen LogP contribution in [0.3, 0.4) is 0 Å². The molecule has 1 fully saturated rings. The van der Waals surface area contributed by atoms with Gasteiger partial charge in [-0.3, -0.25) is 4.79 Å². The monoisotopic (exact) mass is 204 g/mol. The molecule has 0 bridgehead atoms. The Morgan fingerprint density at radius 2 is 2.13 bits per heavy atom. The minimum absolute atomic E-state index is 0.0492. The van der Waals surface area contributed by atoms with E-state index in [1.54, 1.807) is 11.0 Å². The van der Waals surface area contributed by atoms with Gasteiger partial charge in [-0.25, -0.2) is 0 Å². The van der Waals surface area contributed by atoms with Gasteiger partial charge < -0.3 is 10.6 Å². The molecule has 0 radical (unpaired) electrons. The van der Waals surface area contributed by atoms with Crippen LogP contribution in [-0.2, 0) is 0 Å². The molecule has 1 aliphatic carbocycles. The number of carbonyl (C=O) groups excluding carboxylic acids is 1. The quantitative estimate of drug-likeness (QED) is 0.747. The van der Waals surface area contributed by atoms with E-state index in [0.29, 0.717) is 17.3 Å². The predicted octanol–water partition coefficient (Wildman–Crippen LogP) is 1.81. The molecule has 0 aromatic heterocycles. The summed E-state index contributed by atoms with van der Waals surface area (Å²) in [6.45, 7) is 1.92. The molecule has 1 aliphatic rings. The van der Waals surface area contributed by atoms with Gasteiger partial charge in [-0.15, -0.1) is 0 Å². The molecule has 0 heterocycles. The first-order chi connectivity index (χ1) is 7.11. The summed E-state index contributed by atoms with van der Waals surface area (Å²) >= 11 is 0. The molecule has 1 amide bonds. The van der Waals surface area contributed by atoms with E-state index >= 15 is 0 Å². The molecule has 2 N–H and O–H groups in total. The largest absolute Gasteiger partial charge is 0.398 e.